The Balaban J connectivity index is 1.65. The Kier molecular flexibility index (Phi) is 6.06. The molecule has 8 heteroatoms. The van der Waals surface area contributed by atoms with E-state index < -0.39 is 0 Å². The number of nitrogens with zero attached hydrogens (tertiary/aromatic N) is 3. The van der Waals surface area contributed by atoms with Gasteiger partial charge in [0, 0.05) is 17.3 Å². The molecule has 1 aromatic carbocycles. The molecule has 0 bridgehead atoms. The van der Waals surface area contributed by atoms with Crippen LogP contribution in [0, 0.1) is 13.8 Å². The van der Waals surface area contributed by atoms with Gasteiger partial charge in [0.1, 0.15) is 18.9 Å². The number of aryl methyl sites for hydroxylation is 2. The molecule has 3 aromatic rings. The minimum Gasteiger partial charge on any atom is -0.493 e. The number of aromatic nitrogens is 3. The third-order valence-electron chi connectivity index (χ3n) is 5.55. The highest BCUT2D eigenvalue weighted by Crippen LogP contribution is 2.35. The van der Waals surface area contributed by atoms with E-state index in [0.717, 1.165) is 73.4 Å². The summed E-state index contributed by atoms with van der Waals surface area (Å²) in [5, 5.41) is 8.35. The Morgan fingerprint density at radius 2 is 1.87 bits per heavy atom. The van der Waals surface area contributed by atoms with Crippen LogP contribution in [0.25, 0.3) is 16.8 Å². The number of hydrogen-bond acceptors (Lipinski definition) is 6. The van der Waals surface area contributed by atoms with Gasteiger partial charge in [-0.1, -0.05) is 6.07 Å². The summed E-state index contributed by atoms with van der Waals surface area (Å²) in [7, 11) is 3.28. The number of morpholine rings is 1. The largest absolute Gasteiger partial charge is 0.493 e. The molecule has 0 spiro atoms. The first kappa shape index (κ1) is 20.4. The number of benzene rings is 1. The van der Waals surface area contributed by atoms with Crippen LogP contribution in [0.15, 0.2) is 24.3 Å². The maximum Gasteiger partial charge on any atom is 0.165 e. The Hall–Kier alpha value is -2.84. The highest BCUT2D eigenvalue weighted by Gasteiger charge is 2.18. The summed E-state index contributed by atoms with van der Waals surface area (Å²) in [6.07, 6.45) is 0. The van der Waals surface area contributed by atoms with Crippen molar-refractivity contribution in [1.82, 2.24) is 14.6 Å². The van der Waals surface area contributed by atoms with Gasteiger partial charge in [0.05, 0.1) is 46.2 Å². The fourth-order valence-electron chi connectivity index (χ4n) is 3.98. The van der Waals surface area contributed by atoms with E-state index in [9.17, 15) is 0 Å². The van der Waals surface area contributed by atoms with E-state index in [-0.39, 0.29) is 0 Å². The van der Waals surface area contributed by atoms with Gasteiger partial charge in [-0.25, -0.2) is 4.98 Å². The SMILES string of the molecule is COc1ccc(-c2c(C)nn3c(NCC[NH+]4CCOCC4)cc(C)nc23)cc1OC. The van der Waals surface area contributed by atoms with Crippen molar-refractivity contribution in [2.45, 2.75) is 13.8 Å². The Bertz CT molecular complexity index is 1030. The first-order chi connectivity index (χ1) is 14.6. The van der Waals surface area contributed by atoms with Crippen LogP contribution in [-0.2, 0) is 4.74 Å². The van der Waals surface area contributed by atoms with E-state index in [4.69, 9.17) is 24.3 Å². The standard InChI is InChI=1S/C22H29N5O3/c1-15-13-20(23-7-8-26-9-11-30-12-10-26)27-22(24-15)21(16(2)25-27)17-5-6-18(28-3)19(14-17)29-4/h5-6,13-14,23H,7-12H2,1-4H3/p+1. The molecule has 1 saturated heterocycles. The van der Waals surface area contributed by atoms with Crippen LogP contribution >= 0.6 is 0 Å². The predicted molar refractivity (Wildman–Crippen MR) is 116 cm³/mol. The number of anilines is 1. The minimum absolute atomic E-state index is 0.688. The number of nitrogens with one attached hydrogen (secondary N) is 2. The van der Waals surface area contributed by atoms with Crippen molar-refractivity contribution in [3.8, 4) is 22.6 Å². The van der Waals surface area contributed by atoms with Gasteiger partial charge in [-0.05, 0) is 31.5 Å². The van der Waals surface area contributed by atoms with Gasteiger partial charge < -0.3 is 24.4 Å². The molecule has 0 atom stereocenters. The smallest absolute Gasteiger partial charge is 0.165 e. The van der Waals surface area contributed by atoms with Crippen LogP contribution in [0.4, 0.5) is 5.82 Å². The van der Waals surface area contributed by atoms with E-state index in [1.807, 2.05) is 42.6 Å². The van der Waals surface area contributed by atoms with E-state index in [1.165, 1.54) is 0 Å². The Morgan fingerprint density at radius 3 is 2.60 bits per heavy atom. The van der Waals surface area contributed by atoms with Crippen LogP contribution in [-0.4, -0.2) is 68.2 Å². The average Bonchev–Trinajstić information content (AvgIpc) is 3.09. The number of hydrogen-bond donors (Lipinski definition) is 2. The van der Waals surface area contributed by atoms with Crippen molar-refractivity contribution in [3.63, 3.8) is 0 Å². The molecule has 0 amide bonds. The molecule has 3 heterocycles. The Morgan fingerprint density at radius 1 is 1.10 bits per heavy atom. The monoisotopic (exact) mass is 412 g/mol. The molecular weight excluding hydrogens is 382 g/mol. The van der Waals surface area contributed by atoms with Crippen molar-refractivity contribution in [2.75, 3.05) is 58.9 Å². The molecule has 2 N–H and O–H groups in total. The van der Waals surface area contributed by atoms with Gasteiger partial charge in [0.25, 0.3) is 0 Å². The molecule has 160 valence electrons. The molecule has 30 heavy (non-hydrogen) atoms. The summed E-state index contributed by atoms with van der Waals surface area (Å²) in [6.45, 7) is 9.78. The highest BCUT2D eigenvalue weighted by molar-refractivity contribution is 5.82. The molecular formula is C22H30N5O3+. The van der Waals surface area contributed by atoms with Gasteiger partial charge in [-0.15, -0.1) is 0 Å². The summed E-state index contributed by atoms with van der Waals surface area (Å²) in [5.74, 6) is 2.35. The second-order valence-corrected chi connectivity index (χ2v) is 7.59. The summed E-state index contributed by atoms with van der Waals surface area (Å²) < 4.78 is 18.2. The summed E-state index contributed by atoms with van der Waals surface area (Å²) >= 11 is 0. The maximum atomic E-state index is 5.49. The first-order valence-electron chi connectivity index (χ1n) is 10.3. The van der Waals surface area contributed by atoms with Crippen molar-refractivity contribution < 1.29 is 19.1 Å². The lowest BCUT2D eigenvalue weighted by Crippen LogP contribution is -3.14. The second-order valence-electron chi connectivity index (χ2n) is 7.59. The normalized spacial score (nSPS) is 14.8. The summed E-state index contributed by atoms with van der Waals surface area (Å²) in [5.41, 5.74) is 4.71. The van der Waals surface area contributed by atoms with Gasteiger partial charge in [-0.3, -0.25) is 0 Å². The van der Waals surface area contributed by atoms with Gasteiger partial charge in [0.15, 0.2) is 17.1 Å². The van der Waals surface area contributed by atoms with Gasteiger partial charge in [-0.2, -0.15) is 9.61 Å². The fourth-order valence-corrected chi connectivity index (χ4v) is 3.98. The molecule has 0 unspecified atom stereocenters. The third-order valence-corrected chi connectivity index (χ3v) is 5.55. The zero-order valence-corrected chi connectivity index (χ0v) is 18.1. The van der Waals surface area contributed by atoms with Crippen molar-refractivity contribution in [2.24, 2.45) is 0 Å². The van der Waals surface area contributed by atoms with Gasteiger partial charge in [0.2, 0.25) is 0 Å². The van der Waals surface area contributed by atoms with Gasteiger partial charge >= 0.3 is 0 Å². The van der Waals surface area contributed by atoms with E-state index in [0.29, 0.717) is 11.5 Å². The maximum absolute atomic E-state index is 5.49. The van der Waals surface area contributed by atoms with Crippen molar-refractivity contribution >= 4 is 11.5 Å². The number of rotatable bonds is 7. The second kappa shape index (κ2) is 8.89. The zero-order valence-electron chi connectivity index (χ0n) is 18.1. The molecule has 0 saturated carbocycles. The molecule has 8 nitrogen and oxygen atoms in total. The van der Waals surface area contributed by atoms with E-state index in [1.54, 1.807) is 19.1 Å². The van der Waals surface area contributed by atoms with Crippen LogP contribution in [0.2, 0.25) is 0 Å². The lowest BCUT2D eigenvalue weighted by atomic mass is 10.1. The summed E-state index contributed by atoms with van der Waals surface area (Å²) in [4.78, 5) is 6.36. The average molecular weight is 413 g/mol. The quantitative estimate of drug-likeness (QED) is 0.610. The van der Waals surface area contributed by atoms with E-state index in [2.05, 4.69) is 5.32 Å². The molecule has 4 rings (SSSR count). The lowest BCUT2D eigenvalue weighted by Gasteiger charge is -2.23. The topological polar surface area (TPSA) is 74.4 Å². The fraction of sp³-hybridized carbons (Fsp3) is 0.455. The molecule has 2 aromatic heterocycles. The molecule has 1 aliphatic heterocycles. The summed E-state index contributed by atoms with van der Waals surface area (Å²) in [6, 6.07) is 7.95. The van der Waals surface area contributed by atoms with Crippen molar-refractivity contribution in [1.29, 1.82) is 0 Å². The highest BCUT2D eigenvalue weighted by atomic mass is 16.5. The number of ether oxygens (including phenoxy) is 3. The zero-order chi connectivity index (χ0) is 21.1. The van der Waals surface area contributed by atoms with E-state index >= 15 is 0 Å². The van der Waals surface area contributed by atoms with Crippen LogP contribution < -0.4 is 19.7 Å². The number of methoxy groups -OCH3 is 2. The molecule has 1 fully saturated rings. The van der Waals surface area contributed by atoms with Crippen molar-refractivity contribution in [3.05, 3.63) is 35.7 Å². The number of fused-ring (bicyclic) bond motifs is 1. The molecule has 0 aliphatic carbocycles. The Labute approximate surface area is 176 Å². The number of quaternary nitrogens is 1. The third kappa shape index (κ3) is 4.06. The van der Waals surface area contributed by atoms with Crippen LogP contribution in [0.3, 0.4) is 0 Å². The predicted octanol–water partition coefficient (Wildman–Crippen LogP) is 1.36. The first-order valence-corrected chi connectivity index (χ1v) is 10.3. The molecule has 0 radical (unpaired) electrons. The molecule has 1 aliphatic rings. The van der Waals surface area contributed by atoms with Crippen LogP contribution in [0.5, 0.6) is 11.5 Å². The van der Waals surface area contributed by atoms with Crippen LogP contribution in [0.1, 0.15) is 11.4 Å². The minimum atomic E-state index is 0.688. The lowest BCUT2D eigenvalue weighted by molar-refractivity contribution is -0.906.